The molecule has 1 saturated heterocycles. The zero-order valence-corrected chi connectivity index (χ0v) is 19.3. The molecule has 1 amide bonds. The molecule has 180 valence electrons. The van der Waals surface area contributed by atoms with Crippen LogP contribution in [-0.4, -0.2) is 62.9 Å². The molecule has 0 aromatic carbocycles. The van der Waals surface area contributed by atoms with Crippen LogP contribution in [0.5, 0.6) is 0 Å². The van der Waals surface area contributed by atoms with E-state index in [2.05, 4.69) is 5.10 Å². The number of carbonyl (C=O) groups is 3. The standard InChI is InChI=1S/C23H31N3O7/c1-4-25-13(2)10-17(24-25)16-11-18-19(14(3)27)21(28)26(18)20(16)22(29)31-12-32-23(30)33-15-8-6-5-7-9-15/h10,14-15,18-19,27H,4-9,11-12H2,1-3H3/t14-,18-,19-/m1/s1. The van der Waals surface area contributed by atoms with Crippen LogP contribution in [0.25, 0.3) is 5.57 Å². The largest absolute Gasteiger partial charge is 0.511 e. The van der Waals surface area contributed by atoms with Crippen molar-refractivity contribution in [3.63, 3.8) is 0 Å². The summed E-state index contributed by atoms with van der Waals surface area (Å²) in [6.07, 6.45) is 3.27. The molecule has 10 nitrogen and oxygen atoms in total. The highest BCUT2D eigenvalue weighted by Crippen LogP contribution is 2.47. The molecule has 1 aliphatic carbocycles. The number of aryl methyl sites for hydroxylation is 2. The maximum Gasteiger partial charge on any atom is 0.511 e. The second-order valence-electron chi connectivity index (χ2n) is 8.88. The van der Waals surface area contributed by atoms with Gasteiger partial charge in [-0.05, 0) is 58.9 Å². The minimum absolute atomic E-state index is 0.0897. The number of hydrogen-bond acceptors (Lipinski definition) is 8. The summed E-state index contributed by atoms with van der Waals surface area (Å²) in [6.45, 7) is 5.50. The lowest BCUT2D eigenvalue weighted by molar-refractivity contribution is -0.165. The molecule has 4 rings (SSSR count). The quantitative estimate of drug-likeness (QED) is 0.374. The molecular weight excluding hydrogens is 430 g/mol. The fourth-order valence-electron chi connectivity index (χ4n) is 5.02. The van der Waals surface area contributed by atoms with Gasteiger partial charge in [-0.1, -0.05) is 6.42 Å². The van der Waals surface area contributed by atoms with Crippen LogP contribution in [0.4, 0.5) is 4.79 Å². The summed E-state index contributed by atoms with van der Waals surface area (Å²) in [5, 5.41) is 14.6. The maximum absolute atomic E-state index is 13.0. The molecular formula is C23H31N3O7. The molecule has 1 aromatic rings. The first-order valence-electron chi connectivity index (χ1n) is 11.6. The third-order valence-electron chi connectivity index (χ3n) is 6.69. The Morgan fingerprint density at radius 3 is 2.61 bits per heavy atom. The molecule has 3 atom stereocenters. The van der Waals surface area contributed by atoms with E-state index in [1.807, 2.05) is 19.9 Å². The van der Waals surface area contributed by atoms with Crippen molar-refractivity contribution in [1.29, 1.82) is 0 Å². The van der Waals surface area contributed by atoms with Gasteiger partial charge in [0, 0.05) is 17.8 Å². The Morgan fingerprint density at radius 1 is 1.24 bits per heavy atom. The van der Waals surface area contributed by atoms with Crippen molar-refractivity contribution in [3.05, 3.63) is 23.2 Å². The highest BCUT2D eigenvalue weighted by atomic mass is 16.8. The zero-order valence-electron chi connectivity index (χ0n) is 19.3. The van der Waals surface area contributed by atoms with E-state index in [9.17, 15) is 19.5 Å². The van der Waals surface area contributed by atoms with Gasteiger partial charge in [0.1, 0.15) is 11.8 Å². The highest BCUT2D eigenvalue weighted by Gasteiger charge is 2.57. The van der Waals surface area contributed by atoms with Crippen molar-refractivity contribution >= 4 is 23.6 Å². The smallest absolute Gasteiger partial charge is 0.431 e. The molecule has 33 heavy (non-hydrogen) atoms. The van der Waals surface area contributed by atoms with Crippen molar-refractivity contribution in [2.75, 3.05) is 6.79 Å². The Bertz CT molecular complexity index is 961. The second kappa shape index (κ2) is 9.54. The first kappa shape index (κ1) is 23.3. The molecule has 3 aliphatic rings. The number of fused-ring (bicyclic) bond motifs is 1. The molecule has 0 bridgehead atoms. The van der Waals surface area contributed by atoms with E-state index in [4.69, 9.17) is 14.2 Å². The first-order valence-corrected chi connectivity index (χ1v) is 11.6. The summed E-state index contributed by atoms with van der Waals surface area (Å²) < 4.78 is 17.2. The van der Waals surface area contributed by atoms with Gasteiger partial charge < -0.3 is 24.2 Å². The lowest BCUT2D eigenvalue weighted by Crippen LogP contribution is -2.61. The van der Waals surface area contributed by atoms with Gasteiger partial charge in [-0.3, -0.25) is 9.48 Å². The van der Waals surface area contributed by atoms with Gasteiger partial charge in [0.05, 0.1) is 23.8 Å². The third-order valence-corrected chi connectivity index (χ3v) is 6.69. The van der Waals surface area contributed by atoms with Crippen molar-refractivity contribution in [3.8, 4) is 0 Å². The van der Waals surface area contributed by atoms with E-state index in [1.165, 1.54) is 4.90 Å². The number of aliphatic hydroxyl groups excluding tert-OH is 1. The van der Waals surface area contributed by atoms with Gasteiger partial charge >= 0.3 is 12.1 Å². The van der Waals surface area contributed by atoms with Gasteiger partial charge in [0.2, 0.25) is 12.7 Å². The van der Waals surface area contributed by atoms with E-state index in [1.54, 1.807) is 11.6 Å². The molecule has 0 spiro atoms. The highest BCUT2D eigenvalue weighted by molar-refractivity contribution is 6.06. The number of rotatable bonds is 7. The van der Waals surface area contributed by atoms with Crippen LogP contribution in [0.15, 0.2) is 11.8 Å². The minimum atomic E-state index is -0.875. The van der Waals surface area contributed by atoms with Crippen LogP contribution in [0.1, 0.15) is 63.8 Å². The molecule has 10 heteroatoms. The molecule has 2 aliphatic heterocycles. The topological polar surface area (TPSA) is 120 Å². The lowest BCUT2D eigenvalue weighted by atomic mass is 9.83. The fourth-order valence-corrected chi connectivity index (χ4v) is 5.02. The van der Waals surface area contributed by atoms with Crippen LogP contribution in [0.3, 0.4) is 0 Å². The maximum atomic E-state index is 13.0. The van der Waals surface area contributed by atoms with Crippen molar-refractivity contribution in [2.45, 2.75) is 84.1 Å². The van der Waals surface area contributed by atoms with Crippen molar-refractivity contribution in [2.24, 2.45) is 5.92 Å². The van der Waals surface area contributed by atoms with Crippen LogP contribution in [0, 0.1) is 12.8 Å². The van der Waals surface area contributed by atoms with Gasteiger partial charge in [0.25, 0.3) is 0 Å². The summed E-state index contributed by atoms with van der Waals surface area (Å²) in [5.41, 5.74) is 2.19. The number of amides is 1. The van der Waals surface area contributed by atoms with Crippen molar-refractivity contribution < 1.29 is 33.7 Å². The Hall–Kier alpha value is -2.88. The number of nitrogens with zero attached hydrogens (tertiary/aromatic N) is 3. The number of hydrogen-bond donors (Lipinski definition) is 1. The molecule has 1 saturated carbocycles. The van der Waals surface area contributed by atoms with E-state index in [-0.39, 0.29) is 23.8 Å². The van der Waals surface area contributed by atoms with E-state index < -0.39 is 30.9 Å². The molecule has 2 fully saturated rings. The minimum Gasteiger partial charge on any atom is -0.431 e. The van der Waals surface area contributed by atoms with E-state index >= 15 is 0 Å². The molecule has 1 aromatic heterocycles. The normalized spacial score (nSPS) is 23.8. The summed E-state index contributed by atoms with van der Waals surface area (Å²) in [4.78, 5) is 39.0. The van der Waals surface area contributed by atoms with E-state index in [0.717, 1.165) is 37.8 Å². The molecule has 3 heterocycles. The lowest BCUT2D eigenvalue weighted by Gasteiger charge is -2.44. The summed E-state index contributed by atoms with van der Waals surface area (Å²) in [5.74, 6) is -1.69. The number of aliphatic hydroxyl groups is 1. The summed E-state index contributed by atoms with van der Waals surface area (Å²) in [6, 6.07) is 1.53. The fraction of sp³-hybridized carbons (Fsp3) is 0.652. The number of β-lactam (4-membered cyclic amide) rings is 1. The average molecular weight is 462 g/mol. The van der Waals surface area contributed by atoms with Crippen LogP contribution < -0.4 is 0 Å². The number of carbonyl (C=O) groups excluding carboxylic acids is 3. The van der Waals surface area contributed by atoms with E-state index in [0.29, 0.717) is 24.2 Å². The van der Waals surface area contributed by atoms with Gasteiger partial charge in [-0.2, -0.15) is 5.10 Å². The first-order chi connectivity index (χ1) is 15.8. The molecule has 0 unspecified atom stereocenters. The number of aromatic nitrogens is 2. The zero-order chi connectivity index (χ0) is 23.7. The third kappa shape index (κ3) is 4.48. The summed E-state index contributed by atoms with van der Waals surface area (Å²) in [7, 11) is 0. The molecule has 0 radical (unpaired) electrons. The number of ether oxygens (including phenoxy) is 3. The van der Waals surface area contributed by atoms with Crippen LogP contribution in [0.2, 0.25) is 0 Å². The predicted octanol–water partition coefficient (Wildman–Crippen LogP) is 2.52. The Kier molecular flexibility index (Phi) is 6.73. The summed E-state index contributed by atoms with van der Waals surface area (Å²) >= 11 is 0. The SMILES string of the molecule is CCn1nc(C2=C(C(=O)OCOC(=O)OC3CCCCC3)N3C(=O)[C@H]([C@@H](C)O)[C@H]3C2)cc1C. The molecule has 1 N–H and O–H groups in total. The number of esters is 1. The van der Waals surface area contributed by atoms with Gasteiger partial charge in [-0.15, -0.1) is 0 Å². The monoisotopic (exact) mass is 461 g/mol. The van der Waals surface area contributed by atoms with Crippen LogP contribution >= 0.6 is 0 Å². The van der Waals surface area contributed by atoms with Crippen molar-refractivity contribution in [1.82, 2.24) is 14.7 Å². The predicted molar refractivity (Wildman–Crippen MR) is 115 cm³/mol. The second-order valence-corrected chi connectivity index (χ2v) is 8.88. The van der Waals surface area contributed by atoms with Gasteiger partial charge in [0.15, 0.2) is 0 Å². The Labute approximate surface area is 192 Å². The average Bonchev–Trinajstić information content (AvgIpc) is 3.31. The Morgan fingerprint density at radius 2 is 1.97 bits per heavy atom. The van der Waals surface area contributed by atoms with Crippen LogP contribution in [-0.2, 0) is 30.3 Å². The van der Waals surface area contributed by atoms with Gasteiger partial charge in [-0.25, -0.2) is 9.59 Å². The Balaban J connectivity index is 1.46.